The van der Waals surface area contributed by atoms with Gasteiger partial charge < -0.3 is 18.0 Å². The third-order valence-electron chi connectivity index (χ3n) is 3.41. The van der Waals surface area contributed by atoms with Gasteiger partial charge in [0.05, 0.1) is 7.11 Å². The minimum absolute atomic E-state index is 0.660. The van der Waals surface area contributed by atoms with Gasteiger partial charge in [-0.25, -0.2) is 0 Å². The average molecular weight is 270 g/mol. The minimum Gasteiger partial charge on any atom is -0.496 e. The summed E-state index contributed by atoms with van der Waals surface area (Å²) < 4.78 is 21.7. The number of hydrogen-bond donors (Lipinski definition) is 0. The molecule has 0 N–H and O–H groups in total. The Bertz CT molecular complexity index is 394. The molecule has 0 saturated heterocycles. The maximum Gasteiger partial charge on any atom is 0.504 e. The lowest BCUT2D eigenvalue weighted by Gasteiger charge is -2.25. The number of hydrogen-bond acceptors (Lipinski definition) is 4. The first-order chi connectivity index (χ1) is 8.53. The van der Waals surface area contributed by atoms with Gasteiger partial charge in [-0.1, -0.05) is 6.07 Å². The molecule has 0 saturated carbocycles. The van der Waals surface area contributed by atoms with Crippen molar-refractivity contribution >= 4 is 8.80 Å². The van der Waals surface area contributed by atoms with Crippen LogP contribution in [0.25, 0.3) is 0 Å². The fourth-order valence-corrected chi connectivity index (χ4v) is 3.75. The van der Waals surface area contributed by atoms with E-state index in [-0.39, 0.29) is 0 Å². The van der Waals surface area contributed by atoms with Gasteiger partial charge in [-0.2, -0.15) is 0 Å². The molecule has 0 aliphatic heterocycles. The van der Waals surface area contributed by atoms with E-state index in [4.69, 9.17) is 18.0 Å². The van der Waals surface area contributed by atoms with Crippen LogP contribution in [-0.2, 0) is 19.3 Å². The molecule has 102 valence electrons. The van der Waals surface area contributed by atoms with E-state index in [2.05, 4.69) is 6.92 Å². The second-order valence-electron chi connectivity index (χ2n) is 4.15. The molecule has 0 fully saturated rings. The molecular formula is C13H22O4Si. The summed E-state index contributed by atoms with van der Waals surface area (Å²) >= 11 is 0. The smallest absolute Gasteiger partial charge is 0.496 e. The Balaban J connectivity index is 3.08. The fourth-order valence-electron chi connectivity index (χ4n) is 1.96. The van der Waals surface area contributed by atoms with E-state index < -0.39 is 8.80 Å². The van der Waals surface area contributed by atoms with E-state index in [1.165, 1.54) is 11.1 Å². The van der Waals surface area contributed by atoms with Crippen LogP contribution in [0.15, 0.2) is 12.1 Å². The van der Waals surface area contributed by atoms with Gasteiger partial charge in [-0.15, -0.1) is 0 Å². The molecule has 0 amide bonds. The highest BCUT2D eigenvalue weighted by atomic mass is 28.4. The van der Waals surface area contributed by atoms with Crippen molar-refractivity contribution in [2.45, 2.75) is 19.9 Å². The zero-order valence-electron chi connectivity index (χ0n) is 12.0. The van der Waals surface area contributed by atoms with Crippen LogP contribution < -0.4 is 4.74 Å². The van der Waals surface area contributed by atoms with Crippen LogP contribution in [-0.4, -0.2) is 37.2 Å². The van der Waals surface area contributed by atoms with E-state index >= 15 is 0 Å². The summed E-state index contributed by atoms with van der Waals surface area (Å²) in [7, 11) is 3.99. The molecule has 5 heteroatoms. The molecule has 0 heterocycles. The van der Waals surface area contributed by atoms with Crippen LogP contribution >= 0.6 is 0 Å². The molecular weight excluding hydrogens is 248 g/mol. The van der Waals surface area contributed by atoms with Crippen molar-refractivity contribution in [2.24, 2.45) is 0 Å². The predicted octanol–water partition coefficient (Wildman–Crippen LogP) is 2.27. The Morgan fingerprint density at radius 3 is 1.89 bits per heavy atom. The zero-order chi connectivity index (χ0) is 13.8. The monoisotopic (exact) mass is 270 g/mol. The summed E-state index contributed by atoms with van der Waals surface area (Å²) in [6, 6.07) is 4.67. The number of methoxy groups -OCH3 is 1. The summed E-state index contributed by atoms with van der Waals surface area (Å²) in [6.07, 6.45) is 0. The van der Waals surface area contributed by atoms with Gasteiger partial charge in [0, 0.05) is 27.4 Å². The maximum absolute atomic E-state index is 5.45. The number of benzene rings is 1. The molecule has 0 bridgehead atoms. The third kappa shape index (κ3) is 2.92. The lowest BCUT2D eigenvalue weighted by atomic mass is 10.0. The quantitative estimate of drug-likeness (QED) is 0.743. The Morgan fingerprint density at radius 2 is 1.44 bits per heavy atom. The van der Waals surface area contributed by atoms with Crippen LogP contribution in [0.5, 0.6) is 5.75 Å². The molecule has 1 aromatic rings. The maximum atomic E-state index is 5.45. The summed E-state index contributed by atoms with van der Waals surface area (Å²) in [5.74, 6) is 0.899. The summed E-state index contributed by atoms with van der Waals surface area (Å²) in [4.78, 5) is 0. The van der Waals surface area contributed by atoms with Crippen LogP contribution in [0.3, 0.4) is 0 Å². The first kappa shape index (κ1) is 15.2. The highest BCUT2D eigenvalue weighted by molar-refractivity contribution is 6.60. The molecule has 18 heavy (non-hydrogen) atoms. The standard InChI is InChI=1S/C13H22O4Si/c1-10-11(2)13(14-3)8-7-12(10)9-18(15-4,16-5)17-6/h7-8H,9H2,1-6H3. The molecule has 0 aliphatic rings. The van der Waals surface area contributed by atoms with Crippen molar-refractivity contribution in [3.8, 4) is 5.75 Å². The topological polar surface area (TPSA) is 36.9 Å². The van der Waals surface area contributed by atoms with E-state index in [1.807, 2.05) is 19.1 Å². The summed E-state index contributed by atoms with van der Waals surface area (Å²) in [5.41, 5.74) is 3.50. The number of ether oxygens (including phenoxy) is 1. The van der Waals surface area contributed by atoms with Crippen LogP contribution in [0, 0.1) is 13.8 Å². The van der Waals surface area contributed by atoms with Gasteiger partial charge in [-0.3, -0.25) is 0 Å². The molecule has 0 spiro atoms. The Hall–Kier alpha value is -0.883. The second-order valence-corrected chi connectivity index (χ2v) is 7.09. The molecule has 1 rings (SSSR count). The zero-order valence-corrected chi connectivity index (χ0v) is 13.0. The van der Waals surface area contributed by atoms with Crippen LogP contribution in [0.2, 0.25) is 0 Å². The molecule has 1 aromatic carbocycles. The Labute approximate surface area is 110 Å². The largest absolute Gasteiger partial charge is 0.504 e. The fraction of sp³-hybridized carbons (Fsp3) is 0.538. The normalized spacial score (nSPS) is 11.7. The molecule has 0 radical (unpaired) electrons. The third-order valence-corrected chi connectivity index (χ3v) is 6.09. The predicted molar refractivity (Wildman–Crippen MR) is 73.0 cm³/mol. The summed E-state index contributed by atoms with van der Waals surface area (Å²) in [6.45, 7) is 4.13. The van der Waals surface area contributed by atoms with E-state index in [1.54, 1.807) is 28.4 Å². The Morgan fingerprint density at radius 1 is 0.889 bits per heavy atom. The Kier molecular flexibility index (Phi) is 5.34. The van der Waals surface area contributed by atoms with Crippen molar-refractivity contribution in [2.75, 3.05) is 28.4 Å². The van der Waals surface area contributed by atoms with Gasteiger partial charge in [0.1, 0.15) is 5.75 Å². The average Bonchev–Trinajstić information content (AvgIpc) is 2.41. The summed E-state index contributed by atoms with van der Waals surface area (Å²) in [5, 5.41) is 0. The van der Waals surface area contributed by atoms with Crippen LogP contribution in [0.1, 0.15) is 16.7 Å². The highest BCUT2D eigenvalue weighted by Crippen LogP contribution is 2.26. The lowest BCUT2D eigenvalue weighted by molar-refractivity contribution is 0.122. The minimum atomic E-state index is -2.58. The van der Waals surface area contributed by atoms with Crippen molar-refractivity contribution in [1.29, 1.82) is 0 Å². The molecule has 0 aliphatic carbocycles. The number of rotatable bonds is 6. The lowest BCUT2D eigenvalue weighted by Crippen LogP contribution is -2.45. The van der Waals surface area contributed by atoms with Crippen molar-refractivity contribution in [1.82, 2.24) is 0 Å². The first-order valence-electron chi connectivity index (χ1n) is 5.82. The molecule has 4 nitrogen and oxygen atoms in total. The van der Waals surface area contributed by atoms with Crippen molar-refractivity contribution in [3.63, 3.8) is 0 Å². The van der Waals surface area contributed by atoms with Gasteiger partial charge in [-0.05, 0) is 36.6 Å². The van der Waals surface area contributed by atoms with Gasteiger partial charge >= 0.3 is 8.80 Å². The van der Waals surface area contributed by atoms with Gasteiger partial charge in [0.2, 0.25) is 0 Å². The van der Waals surface area contributed by atoms with E-state index in [9.17, 15) is 0 Å². The SMILES string of the molecule is COc1ccc(C[Si](OC)(OC)OC)c(C)c1C. The van der Waals surface area contributed by atoms with Crippen molar-refractivity contribution < 1.29 is 18.0 Å². The van der Waals surface area contributed by atoms with E-state index in [0.717, 1.165) is 11.3 Å². The second kappa shape index (κ2) is 6.33. The van der Waals surface area contributed by atoms with E-state index in [0.29, 0.717) is 6.04 Å². The van der Waals surface area contributed by atoms with Gasteiger partial charge in [0.15, 0.2) is 0 Å². The first-order valence-corrected chi connectivity index (χ1v) is 7.75. The van der Waals surface area contributed by atoms with Gasteiger partial charge in [0.25, 0.3) is 0 Å². The molecule has 0 aromatic heterocycles. The highest BCUT2D eigenvalue weighted by Gasteiger charge is 2.38. The van der Waals surface area contributed by atoms with Crippen LogP contribution in [0.4, 0.5) is 0 Å². The van der Waals surface area contributed by atoms with Crippen molar-refractivity contribution in [3.05, 3.63) is 28.8 Å². The molecule has 0 unspecified atom stereocenters. The molecule has 0 atom stereocenters.